The minimum absolute atomic E-state index is 0.192. The number of phenolic OH excluding ortho intramolecular Hbond substituents is 1. The maximum Gasteiger partial charge on any atom is 0.164 e. The van der Waals surface area contributed by atoms with Crippen LogP contribution >= 0.6 is 0 Å². The lowest BCUT2D eigenvalue weighted by molar-refractivity contribution is 0.106. The van der Waals surface area contributed by atoms with E-state index in [0.717, 1.165) is 48.0 Å². The number of phenols is 1. The van der Waals surface area contributed by atoms with Gasteiger partial charge in [0.25, 0.3) is 0 Å². The largest absolute Gasteiger partial charge is 0.508 e. The molecule has 1 atom stereocenters. The molecule has 1 fully saturated rings. The summed E-state index contributed by atoms with van der Waals surface area (Å²) in [6, 6.07) is 19.1. The standard InChI is InChI=1S/C30H36N4O3/c35-25-12-14-27(15-13-25)37-21-26(36)20-31-19-17-23-7-10-24(11-8-23)34-29(16-9-22-4-1-2-5-22)33-28-6-3-18-32-30(28)34/h3,6-8,10-15,18,22,26,31,35-36H,1-2,4-5,9,16-17,19-21H2/t26-/m1/s1. The third kappa shape index (κ3) is 6.67. The molecule has 0 radical (unpaired) electrons. The van der Waals surface area contributed by atoms with Crippen LogP contribution in [0.15, 0.2) is 66.9 Å². The van der Waals surface area contributed by atoms with Crippen LogP contribution in [0, 0.1) is 5.92 Å². The zero-order valence-electron chi connectivity index (χ0n) is 21.2. The fraction of sp³-hybridized carbons (Fsp3) is 0.400. The Bertz CT molecular complexity index is 1260. The minimum atomic E-state index is -0.610. The van der Waals surface area contributed by atoms with E-state index >= 15 is 0 Å². The predicted octanol–water partition coefficient (Wildman–Crippen LogP) is 4.82. The highest BCUT2D eigenvalue weighted by atomic mass is 16.5. The topological polar surface area (TPSA) is 92.4 Å². The summed E-state index contributed by atoms with van der Waals surface area (Å²) in [5, 5.41) is 22.8. The van der Waals surface area contributed by atoms with Crippen LogP contribution in [-0.2, 0) is 12.8 Å². The number of nitrogens with zero attached hydrogens (tertiary/aromatic N) is 3. The summed E-state index contributed by atoms with van der Waals surface area (Å²) in [4.78, 5) is 9.57. The van der Waals surface area contributed by atoms with E-state index in [0.29, 0.717) is 12.3 Å². The first kappa shape index (κ1) is 25.2. The number of ether oxygens (including phenoxy) is 1. The Balaban J connectivity index is 1.14. The van der Waals surface area contributed by atoms with Gasteiger partial charge in [-0.25, -0.2) is 9.97 Å². The Morgan fingerprint density at radius 2 is 1.78 bits per heavy atom. The molecular weight excluding hydrogens is 464 g/mol. The number of aryl methyl sites for hydroxylation is 1. The van der Waals surface area contributed by atoms with E-state index in [-0.39, 0.29) is 12.4 Å². The quantitative estimate of drug-likeness (QED) is 0.242. The summed E-state index contributed by atoms with van der Waals surface area (Å²) in [5.41, 5.74) is 4.20. The van der Waals surface area contributed by atoms with Gasteiger partial charge in [0, 0.05) is 24.8 Å². The van der Waals surface area contributed by atoms with Crippen LogP contribution in [0.2, 0.25) is 0 Å². The zero-order chi connectivity index (χ0) is 25.5. The summed E-state index contributed by atoms with van der Waals surface area (Å²) in [7, 11) is 0. The molecule has 7 heteroatoms. The molecule has 0 spiro atoms. The van der Waals surface area contributed by atoms with Crippen molar-refractivity contribution in [3.8, 4) is 17.2 Å². The average molecular weight is 501 g/mol. The molecule has 0 amide bonds. The third-order valence-electron chi connectivity index (χ3n) is 7.18. The number of hydrogen-bond acceptors (Lipinski definition) is 6. The summed E-state index contributed by atoms with van der Waals surface area (Å²) < 4.78 is 7.78. The number of aromatic nitrogens is 3. The normalized spacial score (nSPS) is 14.8. The van der Waals surface area contributed by atoms with E-state index in [9.17, 15) is 10.2 Å². The van der Waals surface area contributed by atoms with Crippen molar-refractivity contribution in [1.82, 2.24) is 19.9 Å². The number of pyridine rings is 1. The Hall–Kier alpha value is -3.42. The lowest BCUT2D eigenvalue weighted by Gasteiger charge is -2.14. The van der Waals surface area contributed by atoms with Crippen LogP contribution in [0.5, 0.6) is 11.5 Å². The maximum atomic E-state index is 10.2. The van der Waals surface area contributed by atoms with Crippen molar-refractivity contribution >= 4 is 11.2 Å². The van der Waals surface area contributed by atoms with Gasteiger partial charge in [0.2, 0.25) is 0 Å². The molecule has 0 bridgehead atoms. The number of hydrogen-bond donors (Lipinski definition) is 3. The number of nitrogens with one attached hydrogen (secondary N) is 1. The average Bonchev–Trinajstić information content (AvgIpc) is 3.58. The highest BCUT2D eigenvalue weighted by Gasteiger charge is 2.18. The molecule has 1 saturated carbocycles. The van der Waals surface area contributed by atoms with Crippen LogP contribution in [0.4, 0.5) is 0 Å². The molecule has 2 heterocycles. The van der Waals surface area contributed by atoms with Crippen molar-refractivity contribution in [2.75, 3.05) is 19.7 Å². The van der Waals surface area contributed by atoms with Gasteiger partial charge in [-0.2, -0.15) is 0 Å². The Morgan fingerprint density at radius 1 is 1.00 bits per heavy atom. The van der Waals surface area contributed by atoms with Crippen LogP contribution in [0.25, 0.3) is 16.9 Å². The summed E-state index contributed by atoms with van der Waals surface area (Å²) >= 11 is 0. The molecule has 1 aliphatic rings. The van der Waals surface area contributed by atoms with Gasteiger partial charge < -0.3 is 20.3 Å². The number of aromatic hydroxyl groups is 1. The number of aliphatic hydroxyl groups excluding tert-OH is 1. The van der Waals surface area contributed by atoms with E-state index in [4.69, 9.17) is 9.72 Å². The SMILES string of the molecule is Oc1ccc(OC[C@H](O)CNCCc2ccc(-n3c(CCC4CCCC4)nc4cccnc43)cc2)cc1. The minimum Gasteiger partial charge on any atom is -0.508 e. The molecule has 0 unspecified atom stereocenters. The van der Waals surface area contributed by atoms with Gasteiger partial charge in [0.1, 0.15) is 35.6 Å². The van der Waals surface area contributed by atoms with Crippen molar-refractivity contribution < 1.29 is 14.9 Å². The van der Waals surface area contributed by atoms with E-state index in [1.54, 1.807) is 24.3 Å². The lowest BCUT2D eigenvalue weighted by atomic mass is 10.0. The number of rotatable bonds is 12. The molecule has 3 N–H and O–H groups in total. The Labute approximate surface area is 218 Å². The van der Waals surface area contributed by atoms with Gasteiger partial charge in [-0.1, -0.05) is 37.8 Å². The second-order valence-electron chi connectivity index (χ2n) is 9.98. The zero-order valence-corrected chi connectivity index (χ0v) is 21.2. The first-order valence-electron chi connectivity index (χ1n) is 13.4. The van der Waals surface area contributed by atoms with Crippen molar-refractivity contribution in [2.24, 2.45) is 5.92 Å². The molecule has 37 heavy (non-hydrogen) atoms. The number of benzene rings is 2. The second kappa shape index (κ2) is 12.2. The van der Waals surface area contributed by atoms with Crippen LogP contribution in [0.1, 0.15) is 43.5 Å². The lowest BCUT2D eigenvalue weighted by Crippen LogP contribution is -2.32. The van der Waals surface area contributed by atoms with Gasteiger partial charge >= 0.3 is 0 Å². The fourth-order valence-corrected chi connectivity index (χ4v) is 5.14. The van der Waals surface area contributed by atoms with Gasteiger partial charge in [-0.3, -0.25) is 4.57 Å². The number of fused-ring (bicyclic) bond motifs is 1. The first-order chi connectivity index (χ1) is 18.2. The molecule has 2 aromatic carbocycles. The first-order valence-corrected chi connectivity index (χ1v) is 13.4. The molecule has 5 rings (SSSR count). The maximum absolute atomic E-state index is 10.2. The molecule has 7 nitrogen and oxygen atoms in total. The van der Waals surface area contributed by atoms with Crippen LogP contribution in [0.3, 0.4) is 0 Å². The molecule has 1 aliphatic carbocycles. The smallest absolute Gasteiger partial charge is 0.164 e. The molecule has 0 aliphatic heterocycles. The number of imidazole rings is 1. The van der Waals surface area contributed by atoms with Crippen molar-refractivity contribution in [2.45, 2.75) is 51.0 Å². The summed E-state index contributed by atoms with van der Waals surface area (Å²) in [6.45, 7) is 1.41. The monoisotopic (exact) mass is 500 g/mol. The third-order valence-corrected chi connectivity index (χ3v) is 7.18. The van der Waals surface area contributed by atoms with E-state index in [2.05, 4.69) is 39.1 Å². The molecule has 0 saturated heterocycles. The van der Waals surface area contributed by atoms with E-state index in [1.165, 1.54) is 37.7 Å². The summed E-state index contributed by atoms with van der Waals surface area (Å²) in [6.07, 6.45) is 9.70. The van der Waals surface area contributed by atoms with Crippen LogP contribution < -0.4 is 10.1 Å². The number of aliphatic hydroxyl groups is 1. The van der Waals surface area contributed by atoms with Gasteiger partial charge in [-0.05, 0) is 79.4 Å². The van der Waals surface area contributed by atoms with Crippen molar-refractivity contribution in [3.63, 3.8) is 0 Å². The molecule has 194 valence electrons. The van der Waals surface area contributed by atoms with Gasteiger partial charge in [0.05, 0.1) is 0 Å². The summed E-state index contributed by atoms with van der Waals surface area (Å²) in [5.74, 6) is 2.74. The Morgan fingerprint density at radius 3 is 2.57 bits per heavy atom. The highest BCUT2D eigenvalue weighted by molar-refractivity contribution is 5.73. The molecule has 4 aromatic rings. The predicted molar refractivity (Wildman–Crippen MR) is 145 cm³/mol. The molecular formula is C30H36N4O3. The molecule has 2 aromatic heterocycles. The van der Waals surface area contributed by atoms with Crippen molar-refractivity contribution in [3.05, 3.63) is 78.2 Å². The Kier molecular flexibility index (Phi) is 8.33. The van der Waals surface area contributed by atoms with E-state index in [1.807, 2.05) is 18.3 Å². The van der Waals surface area contributed by atoms with E-state index < -0.39 is 6.10 Å². The highest BCUT2D eigenvalue weighted by Crippen LogP contribution is 2.30. The second-order valence-corrected chi connectivity index (χ2v) is 9.98. The van der Waals surface area contributed by atoms with Gasteiger partial charge in [-0.15, -0.1) is 0 Å². The fourth-order valence-electron chi connectivity index (χ4n) is 5.14. The van der Waals surface area contributed by atoms with Crippen LogP contribution in [-0.4, -0.2) is 50.5 Å². The van der Waals surface area contributed by atoms with Crippen molar-refractivity contribution in [1.29, 1.82) is 0 Å². The van der Waals surface area contributed by atoms with Gasteiger partial charge in [0.15, 0.2) is 5.65 Å².